The van der Waals surface area contributed by atoms with Crippen LogP contribution in [0.5, 0.6) is 0 Å². The van der Waals surface area contributed by atoms with E-state index >= 15 is 0 Å². The number of fused-ring (bicyclic) bond motifs is 5. The van der Waals surface area contributed by atoms with Crippen molar-refractivity contribution in [2.45, 2.75) is 98.3 Å². The topological polar surface area (TPSA) is 43.4 Å². The molecule has 164 valence electrons. The molecular formula is C26H42O3. The second-order valence-electron chi connectivity index (χ2n) is 11.3. The number of ketones is 1. The van der Waals surface area contributed by atoms with Gasteiger partial charge in [-0.2, -0.15) is 0 Å². The lowest BCUT2D eigenvalue weighted by atomic mass is 9.44. The zero-order chi connectivity index (χ0) is 20.8. The Morgan fingerprint density at radius 2 is 1.90 bits per heavy atom. The first-order valence-corrected chi connectivity index (χ1v) is 12.5. The fourth-order valence-electron chi connectivity index (χ4n) is 8.72. The third kappa shape index (κ3) is 3.39. The predicted octanol–water partition coefficient (Wildman–Crippen LogP) is 6.19. The van der Waals surface area contributed by atoms with Gasteiger partial charge in [0, 0.05) is 18.3 Å². The first kappa shape index (κ1) is 21.4. The van der Waals surface area contributed by atoms with E-state index in [0.717, 1.165) is 24.7 Å². The summed E-state index contributed by atoms with van der Waals surface area (Å²) < 4.78 is 5.13. The monoisotopic (exact) mass is 402 g/mol. The minimum absolute atomic E-state index is 0.0855. The standard InChI is InChI=1S/C26H42O3/c1-5-29-24(28)14-9-17(2)20-12-13-21-19-11-10-18-8-6-7-15-25(18,3)22(19)16-23(27)26(20,21)4/h17-22H,5-16H2,1-4H3/t17-,18-,19-,20+,21-,22-,25-,26+/m0/s1. The van der Waals surface area contributed by atoms with Crippen LogP contribution >= 0.6 is 0 Å². The number of ether oxygens (including phenoxy) is 1. The lowest BCUT2D eigenvalue weighted by Crippen LogP contribution is -2.56. The summed E-state index contributed by atoms with van der Waals surface area (Å²) in [6.45, 7) is 9.44. The molecule has 8 atom stereocenters. The van der Waals surface area contributed by atoms with Gasteiger partial charge in [-0.15, -0.1) is 0 Å². The molecule has 4 saturated carbocycles. The van der Waals surface area contributed by atoms with Crippen molar-refractivity contribution in [2.75, 3.05) is 6.61 Å². The lowest BCUT2D eigenvalue weighted by molar-refractivity contribution is -0.157. The maximum Gasteiger partial charge on any atom is 0.305 e. The van der Waals surface area contributed by atoms with Crippen LogP contribution in [0.2, 0.25) is 0 Å². The average molecular weight is 403 g/mol. The SMILES string of the molecule is CCOC(=O)CC[C@H](C)[C@H]1CC[C@H]2[C@@H]3CC[C@@H]4CCCC[C@]4(C)[C@H]3CC(=O)[C@]12C. The van der Waals surface area contributed by atoms with Gasteiger partial charge >= 0.3 is 5.97 Å². The van der Waals surface area contributed by atoms with Crippen LogP contribution in [0.3, 0.4) is 0 Å². The molecule has 4 aliphatic carbocycles. The van der Waals surface area contributed by atoms with E-state index < -0.39 is 0 Å². The van der Waals surface area contributed by atoms with Gasteiger partial charge in [-0.25, -0.2) is 0 Å². The third-order valence-electron chi connectivity index (χ3n) is 10.3. The number of carbonyl (C=O) groups is 2. The molecule has 0 N–H and O–H groups in total. The molecule has 0 unspecified atom stereocenters. The van der Waals surface area contributed by atoms with Crippen LogP contribution in [0.15, 0.2) is 0 Å². The number of rotatable bonds is 5. The van der Waals surface area contributed by atoms with E-state index in [9.17, 15) is 9.59 Å². The van der Waals surface area contributed by atoms with Gasteiger partial charge in [-0.3, -0.25) is 9.59 Å². The van der Waals surface area contributed by atoms with Gasteiger partial charge in [0.15, 0.2) is 0 Å². The zero-order valence-electron chi connectivity index (χ0n) is 19.2. The van der Waals surface area contributed by atoms with Crippen LogP contribution < -0.4 is 0 Å². The minimum Gasteiger partial charge on any atom is -0.466 e. The highest BCUT2D eigenvalue weighted by atomic mass is 16.5. The molecule has 4 fully saturated rings. The van der Waals surface area contributed by atoms with Gasteiger partial charge < -0.3 is 4.74 Å². The normalized spacial score (nSPS) is 45.1. The highest BCUT2D eigenvalue weighted by Gasteiger charge is 2.63. The van der Waals surface area contributed by atoms with Gasteiger partial charge in [-0.1, -0.05) is 33.6 Å². The molecule has 0 radical (unpaired) electrons. The van der Waals surface area contributed by atoms with Gasteiger partial charge in [0.05, 0.1) is 6.61 Å². The molecule has 3 nitrogen and oxygen atoms in total. The Bertz CT molecular complexity index is 642. The largest absolute Gasteiger partial charge is 0.466 e. The van der Waals surface area contributed by atoms with Crippen molar-refractivity contribution in [3.8, 4) is 0 Å². The predicted molar refractivity (Wildman–Crippen MR) is 115 cm³/mol. The molecule has 29 heavy (non-hydrogen) atoms. The van der Waals surface area contributed by atoms with Crippen molar-refractivity contribution in [2.24, 2.45) is 46.3 Å². The van der Waals surface area contributed by atoms with E-state index in [4.69, 9.17) is 4.74 Å². The molecule has 4 rings (SSSR count). The van der Waals surface area contributed by atoms with Gasteiger partial charge in [-0.05, 0) is 92.8 Å². The summed E-state index contributed by atoms with van der Waals surface area (Å²) in [4.78, 5) is 25.6. The van der Waals surface area contributed by atoms with E-state index in [1.54, 1.807) is 0 Å². The highest BCUT2D eigenvalue weighted by Crippen LogP contribution is 2.67. The van der Waals surface area contributed by atoms with E-state index in [-0.39, 0.29) is 11.4 Å². The summed E-state index contributed by atoms with van der Waals surface area (Å²) in [6, 6.07) is 0. The Kier molecular flexibility index (Phi) is 5.90. The van der Waals surface area contributed by atoms with Gasteiger partial charge in [0.1, 0.15) is 5.78 Å². The van der Waals surface area contributed by atoms with Crippen LogP contribution in [0.1, 0.15) is 98.3 Å². The first-order valence-electron chi connectivity index (χ1n) is 12.5. The smallest absolute Gasteiger partial charge is 0.305 e. The number of esters is 1. The Balaban J connectivity index is 1.51. The molecule has 3 heteroatoms. The van der Waals surface area contributed by atoms with Crippen LogP contribution in [0.4, 0.5) is 0 Å². The molecule has 0 aliphatic heterocycles. The van der Waals surface area contributed by atoms with Crippen LogP contribution in [0, 0.1) is 46.3 Å². The maximum absolute atomic E-state index is 13.7. The summed E-state index contributed by atoms with van der Waals surface area (Å²) in [7, 11) is 0. The molecule has 0 aromatic rings. The summed E-state index contributed by atoms with van der Waals surface area (Å²) >= 11 is 0. The fraction of sp³-hybridized carbons (Fsp3) is 0.923. The summed E-state index contributed by atoms with van der Waals surface area (Å²) in [5, 5.41) is 0. The number of hydrogen-bond acceptors (Lipinski definition) is 3. The molecule has 0 amide bonds. The Morgan fingerprint density at radius 1 is 1.10 bits per heavy atom. The fourth-order valence-corrected chi connectivity index (χ4v) is 8.72. The number of carbonyl (C=O) groups excluding carboxylic acids is 2. The van der Waals surface area contributed by atoms with Crippen LogP contribution in [0.25, 0.3) is 0 Å². The quantitative estimate of drug-likeness (QED) is 0.515. The Morgan fingerprint density at radius 3 is 2.66 bits per heavy atom. The number of Topliss-reactive ketones (excluding diaryl/α,β-unsaturated/α-hetero) is 1. The van der Waals surface area contributed by atoms with E-state index in [2.05, 4.69) is 20.8 Å². The van der Waals surface area contributed by atoms with Crippen LogP contribution in [-0.4, -0.2) is 18.4 Å². The average Bonchev–Trinajstić information content (AvgIpc) is 3.06. The molecule has 0 aromatic heterocycles. The van der Waals surface area contributed by atoms with E-state index in [1.807, 2.05) is 6.92 Å². The Hall–Kier alpha value is -0.860. The Labute approximate surface area is 177 Å². The number of hydrogen-bond donors (Lipinski definition) is 0. The molecule has 0 bridgehead atoms. The first-order chi connectivity index (χ1) is 13.8. The van der Waals surface area contributed by atoms with E-state index in [1.165, 1.54) is 51.4 Å². The molecule has 0 saturated heterocycles. The summed E-state index contributed by atoms with van der Waals surface area (Å²) in [5.74, 6) is 4.13. The third-order valence-corrected chi connectivity index (χ3v) is 10.3. The maximum atomic E-state index is 13.7. The van der Waals surface area contributed by atoms with Gasteiger partial charge in [0.2, 0.25) is 0 Å². The second kappa shape index (κ2) is 8.00. The summed E-state index contributed by atoms with van der Waals surface area (Å²) in [5.41, 5.74) is 0.249. The molecule has 0 heterocycles. The zero-order valence-corrected chi connectivity index (χ0v) is 19.2. The van der Waals surface area contributed by atoms with Crippen molar-refractivity contribution in [3.05, 3.63) is 0 Å². The van der Waals surface area contributed by atoms with Crippen molar-refractivity contribution in [3.63, 3.8) is 0 Å². The van der Waals surface area contributed by atoms with Crippen molar-refractivity contribution < 1.29 is 14.3 Å². The van der Waals surface area contributed by atoms with Crippen molar-refractivity contribution in [1.29, 1.82) is 0 Å². The summed E-state index contributed by atoms with van der Waals surface area (Å²) in [6.07, 6.45) is 12.8. The molecular weight excluding hydrogens is 360 g/mol. The van der Waals surface area contributed by atoms with E-state index in [0.29, 0.717) is 47.9 Å². The van der Waals surface area contributed by atoms with Crippen molar-refractivity contribution >= 4 is 11.8 Å². The molecule has 4 aliphatic rings. The van der Waals surface area contributed by atoms with Gasteiger partial charge in [0.25, 0.3) is 0 Å². The lowest BCUT2D eigenvalue weighted by Gasteiger charge is -2.60. The molecule has 0 aromatic carbocycles. The molecule has 0 spiro atoms. The highest BCUT2D eigenvalue weighted by molar-refractivity contribution is 5.87. The van der Waals surface area contributed by atoms with Crippen LogP contribution in [-0.2, 0) is 14.3 Å². The minimum atomic E-state index is -0.160. The van der Waals surface area contributed by atoms with Crippen molar-refractivity contribution in [1.82, 2.24) is 0 Å². The second-order valence-corrected chi connectivity index (χ2v) is 11.3.